The average Bonchev–Trinajstić information content (AvgIpc) is 2.95. The number of carbonyl (C=O) groups excluding carboxylic acids is 1. The molecule has 3 heteroatoms. The summed E-state index contributed by atoms with van der Waals surface area (Å²) in [7, 11) is 1.69. The van der Waals surface area contributed by atoms with Gasteiger partial charge in [-0.15, -0.1) is 0 Å². The van der Waals surface area contributed by atoms with Gasteiger partial charge in [0, 0.05) is 37.1 Å². The third-order valence-electron chi connectivity index (χ3n) is 4.47. The molecule has 0 aliphatic carbocycles. The van der Waals surface area contributed by atoms with Crippen LogP contribution in [0.15, 0.2) is 54.7 Å². The van der Waals surface area contributed by atoms with Crippen LogP contribution in [0.5, 0.6) is 0 Å². The van der Waals surface area contributed by atoms with Crippen LogP contribution in [-0.4, -0.2) is 17.5 Å². The third kappa shape index (κ3) is 3.67. The van der Waals surface area contributed by atoms with Crippen LogP contribution < -0.4 is 5.32 Å². The minimum atomic E-state index is 0.110. The van der Waals surface area contributed by atoms with Gasteiger partial charge in [0.15, 0.2) is 0 Å². The quantitative estimate of drug-likeness (QED) is 0.730. The lowest BCUT2D eigenvalue weighted by Gasteiger charge is -2.06. The molecule has 3 aromatic rings. The Morgan fingerprint density at radius 3 is 2.58 bits per heavy atom. The van der Waals surface area contributed by atoms with Gasteiger partial charge in [0.05, 0.1) is 0 Å². The van der Waals surface area contributed by atoms with Gasteiger partial charge in [-0.1, -0.05) is 48.0 Å². The number of aryl methyl sites for hydroxylation is 2. The second-order valence-corrected chi connectivity index (χ2v) is 6.31. The Hall–Kier alpha value is -2.55. The summed E-state index contributed by atoms with van der Waals surface area (Å²) < 4.78 is 2.31. The molecule has 3 rings (SSSR count). The summed E-state index contributed by atoms with van der Waals surface area (Å²) in [5.41, 5.74) is 5.17. The maximum Gasteiger partial charge on any atom is 0.219 e. The van der Waals surface area contributed by atoms with Crippen LogP contribution in [0, 0.1) is 6.92 Å². The third-order valence-corrected chi connectivity index (χ3v) is 4.47. The van der Waals surface area contributed by atoms with Crippen molar-refractivity contribution < 1.29 is 4.79 Å². The van der Waals surface area contributed by atoms with E-state index in [2.05, 4.69) is 71.5 Å². The Labute approximate surface area is 143 Å². The fourth-order valence-corrected chi connectivity index (χ4v) is 3.11. The first-order valence-corrected chi connectivity index (χ1v) is 8.50. The normalized spacial score (nSPS) is 10.9. The summed E-state index contributed by atoms with van der Waals surface area (Å²) in [5, 5.41) is 3.98. The first-order valence-electron chi connectivity index (χ1n) is 8.50. The molecule has 3 nitrogen and oxygen atoms in total. The summed E-state index contributed by atoms with van der Waals surface area (Å²) in [6.45, 7) is 2.98. The minimum Gasteiger partial charge on any atom is -0.359 e. The summed E-state index contributed by atoms with van der Waals surface area (Å²) in [6, 6.07) is 17.2. The lowest BCUT2D eigenvalue weighted by molar-refractivity contribution is -0.120. The van der Waals surface area contributed by atoms with E-state index < -0.39 is 0 Å². The van der Waals surface area contributed by atoms with Gasteiger partial charge in [0.1, 0.15) is 0 Å². The van der Waals surface area contributed by atoms with Crippen LogP contribution in [0.1, 0.15) is 29.5 Å². The minimum absolute atomic E-state index is 0.110. The highest BCUT2D eigenvalue weighted by molar-refractivity contribution is 5.84. The van der Waals surface area contributed by atoms with Crippen molar-refractivity contribution in [1.29, 1.82) is 0 Å². The molecule has 1 amide bonds. The van der Waals surface area contributed by atoms with Crippen molar-refractivity contribution in [2.45, 2.75) is 32.7 Å². The topological polar surface area (TPSA) is 34.0 Å². The SMILES string of the molecule is CNC(=O)CCCc1cn(Cc2ccc(C)cc2)c2ccccc12. The van der Waals surface area contributed by atoms with Gasteiger partial charge in [-0.25, -0.2) is 0 Å². The zero-order valence-corrected chi connectivity index (χ0v) is 14.4. The van der Waals surface area contributed by atoms with Crippen molar-refractivity contribution in [2.75, 3.05) is 7.05 Å². The number of hydrogen-bond acceptors (Lipinski definition) is 1. The van der Waals surface area contributed by atoms with Gasteiger partial charge in [-0.3, -0.25) is 4.79 Å². The van der Waals surface area contributed by atoms with E-state index in [4.69, 9.17) is 0 Å². The fourth-order valence-electron chi connectivity index (χ4n) is 3.11. The molecule has 0 aliphatic rings. The van der Waals surface area contributed by atoms with E-state index in [1.54, 1.807) is 7.05 Å². The number of benzene rings is 2. The molecule has 2 aromatic carbocycles. The second kappa shape index (κ2) is 7.35. The number of rotatable bonds is 6. The molecule has 0 fully saturated rings. The first kappa shape index (κ1) is 16.3. The van der Waals surface area contributed by atoms with Crippen LogP contribution in [0.2, 0.25) is 0 Å². The Morgan fingerprint density at radius 1 is 1.08 bits per heavy atom. The lowest BCUT2D eigenvalue weighted by Crippen LogP contribution is -2.17. The van der Waals surface area contributed by atoms with Crippen LogP contribution in [0.3, 0.4) is 0 Å². The van der Waals surface area contributed by atoms with E-state index in [1.165, 1.54) is 27.6 Å². The van der Waals surface area contributed by atoms with E-state index in [0.29, 0.717) is 6.42 Å². The molecule has 0 saturated carbocycles. The van der Waals surface area contributed by atoms with Crippen LogP contribution >= 0.6 is 0 Å². The van der Waals surface area contributed by atoms with Gasteiger partial charge in [-0.05, 0) is 37.0 Å². The maximum absolute atomic E-state index is 11.4. The van der Waals surface area contributed by atoms with E-state index in [1.807, 2.05) is 0 Å². The number of carbonyl (C=O) groups is 1. The lowest BCUT2D eigenvalue weighted by atomic mass is 10.1. The molecule has 1 heterocycles. The van der Waals surface area contributed by atoms with Gasteiger partial charge >= 0.3 is 0 Å². The average molecular weight is 320 g/mol. The van der Waals surface area contributed by atoms with Crippen molar-refractivity contribution in [3.05, 3.63) is 71.4 Å². The van der Waals surface area contributed by atoms with Gasteiger partial charge in [-0.2, -0.15) is 0 Å². The molecule has 24 heavy (non-hydrogen) atoms. The van der Waals surface area contributed by atoms with Crippen molar-refractivity contribution in [3.8, 4) is 0 Å². The number of nitrogens with zero attached hydrogens (tertiary/aromatic N) is 1. The number of aromatic nitrogens is 1. The second-order valence-electron chi connectivity index (χ2n) is 6.31. The maximum atomic E-state index is 11.4. The van der Waals surface area contributed by atoms with Crippen molar-refractivity contribution >= 4 is 16.8 Å². The number of amides is 1. The molecule has 0 bridgehead atoms. The monoisotopic (exact) mass is 320 g/mol. The molecule has 0 spiro atoms. The number of hydrogen-bond donors (Lipinski definition) is 1. The molecule has 0 saturated heterocycles. The molecule has 1 N–H and O–H groups in total. The molecular weight excluding hydrogens is 296 g/mol. The Kier molecular flexibility index (Phi) is 4.99. The van der Waals surface area contributed by atoms with Crippen molar-refractivity contribution in [2.24, 2.45) is 0 Å². The predicted molar refractivity (Wildman–Crippen MR) is 99.2 cm³/mol. The van der Waals surface area contributed by atoms with Gasteiger partial charge in [0.2, 0.25) is 5.91 Å². The Balaban J connectivity index is 1.83. The van der Waals surface area contributed by atoms with Gasteiger partial charge in [0.25, 0.3) is 0 Å². The van der Waals surface area contributed by atoms with E-state index in [0.717, 1.165) is 19.4 Å². The summed E-state index contributed by atoms with van der Waals surface area (Å²) in [5.74, 6) is 0.110. The smallest absolute Gasteiger partial charge is 0.219 e. The van der Waals surface area contributed by atoms with Crippen molar-refractivity contribution in [3.63, 3.8) is 0 Å². The van der Waals surface area contributed by atoms with Crippen molar-refractivity contribution in [1.82, 2.24) is 9.88 Å². The summed E-state index contributed by atoms with van der Waals surface area (Å²) >= 11 is 0. The number of fused-ring (bicyclic) bond motifs is 1. The Bertz CT molecular complexity index is 831. The molecule has 0 radical (unpaired) electrons. The molecular formula is C21H24N2O. The highest BCUT2D eigenvalue weighted by Crippen LogP contribution is 2.24. The predicted octanol–water partition coefficient (Wildman–Crippen LogP) is 4.07. The fraction of sp³-hybridized carbons (Fsp3) is 0.286. The molecule has 1 aromatic heterocycles. The van der Waals surface area contributed by atoms with Crippen LogP contribution in [-0.2, 0) is 17.8 Å². The molecule has 124 valence electrons. The Morgan fingerprint density at radius 2 is 1.83 bits per heavy atom. The summed E-state index contributed by atoms with van der Waals surface area (Å²) in [6.07, 6.45) is 4.62. The number of para-hydroxylation sites is 1. The molecule has 0 unspecified atom stereocenters. The number of nitrogens with one attached hydrogen (secondary N) is 1. The summed E-state index contributed by atoms with van der Waals surface area (Å²) in [4.78, 5) is 11.4. The van der Waals surface area contributed by atoms with E-state index >= 15 is 0 Å². The van der Waals surface area contributed by atoms with E-state index in [-0.39, 0.29) is 5.91 Å². The molecule has 0 aliphatic heterocycles. The van der Waals surface area contributed by atoms with Crippen LogP contribution in [0.4, 0.5) is 0 Å². The zero-order valence-electron chi connectivity index (χ0n) is 14.4. The van der Waals surface area contributed by atoms with Gasteiger partial charge < -0.3 is 9.88 Å². The highest BCUT2D eigenvalue weighted by Gasteiger charge is 2.09. The largest absolute Gasteiger partial charge is 0.359 e. The van der Waals surface area contributed by atoms with Crippen LogP contribution in [0.25, 0.3) is 10.9 Å². The standard InChI is InChI=1S/C21H24N2O/c1-16-10-12-17(13-11-16)14-23-15-18(6-5-9-21(24)22-2)19-7-3-4-8-20(19)23/h3-4,7-8,10-13,15H,5-6,9,14H2,1-2H3,(H,22,24). The zero-order chi connectivity index (χ0) is 16.9. The highest BCUT2D eigenvalue weighted by atomic mass is 16.1. The molecule has 0 atom stereocenters. The van der Waals surface area contributed by atoms with E-state index in [9.17, 15) is 4.79 Å². The first-order chi connectivity index (χ1) is 11.7.